The lowest BCUT2D eigenvalue weighted by Gasteiger charge is -2.17. The lowest BCUT2D eigenvalue weighted by Crippen LogP contribution is -2.23. The summed E-state index contributed by atoms with van der Waals surface area (Å²) in [6.45, 7) is -0.426. The van der Waals surface area contributed by atoms with Gasteiger partial charge < -0.3 is 19.3 Å². The van der Waals surface area contributed by atoms with Crippen LogP contribution in [0.25, 0.3) is 11.4 Å². The van der Waals surface area contributed by atoms with Crippen molar-refractivity contribution < 1.29 is 27.7 Å². The number of rotatable bonds is 9. The Morgan fingerprint density at radius 3 is 2.43 bits per heavy atom. The van der Waals surface area contributed by atoms with Crippen LogP contribution >= 0.6 is 0 Å². The molecule has 158 valence electrons. The molecule has 0 aliphatic carbocycles. The minimum atomic E-state index is -4.21. The number of benzene rings is 1. The molecule has 30 heavy (non-hydrogen) atoms. The van der Waals surface area contributed by atoms with Crippen LogP contribution in [0.5, 0.6) is 23.1 Å². The fraction of sp³-hybridized carbons (Fsp3) is 0.167. The molecule has 0 bridgehead atoms. The Balaban J connectivity index is 2.18. The first-order valence-electron chi connectivity index (χ1n) is 8.58. The van der Waals surface area contributed by atoms with Crippen LogP contribution in [-0.4, -0.2) is 48.8 Å². The summed E-state index contributed by atoms with van der Waals surface area (Å²) in [6, 6.07) is 9.96. The Morgan fingerprint density at radius 2 is 1.80 bits per heavy atom. The molecule has 0 saturated heterocycles. The molecule has 1 aromatic carbocycles. The highest BCUT2D eigenvalue weighted by atomic mass is 32.2. The molecule has 3 rings (SSSR count). The first-order valence-corrected chi connectivity index (χ1v) is 10.1. The predicted octanol–water partition coefficient (Wildman–Crippen LogP) is 1.33. The number of para-hydroxylation sites is 2. The van der Waals surface area contributed by atoms with E-state index in [0.29, 0.717) is 11.3 Å². The van der Waals surface area contributed by atoms with Crippen LogP contribution in [0.2, 0.25) is 0 Å². The second-order valence-electron chi connectivity index (χ2n) is 5.74. The van der Waals surface area contributed by atoms with Crippen LogP contribution in [0.4, 0.5) is 5.82 Å². The topological polar surface area (TPSA) is 159 Å². The van der Waals surface area contributed by atoms with Crippen molar-refractivity contribution >= 4 is 16.0 Å². The number of pyridine rings is 1. The Kier molecular flexibility index (Phi) is 6.61. The van der Waals surface area contributed by atoms with Gasteiger partial charge in [-0.2, -0.15) is 13.4 Å². The number of nitrogens with one attached hydrogen (secondary N) is 1. The van der Waals surface area contributed by atoms with Crippen molar-refractivity contribution in [2.45, 2.75) is 0 Å². The summed E-state index contributed by atoms with van der Waals surface area (Å²) in [5.74, 6) is 0.252. The predicted molar refractivity (Wildman–Crippen MR) is 108 cm³/mol. The van der Waals surface area contributed by atoms with Gasteiger partial charge in [-0.1, -0.05) is 12.1 Å². The van der Waals surface area contributed by atoms with E-state index in [1.807, 2.05) is 0 Å². The maximum absolute atomic E-state index is 11.7. The third kappa shape index (κ3) is 5.31. The smallest absolute Gasteiger partial charge is 0.297 e. The molecule has 4 N–H and O–H groups in total. The number of anilines is 1. The second kappa shape index (κ2) is 9.35. The summed E-state index contributed by atoms with van der Waals surface area (Å²) in [5.41, 5.74) is 0.542. The van der Waals surface area contributed by atoms with E-state index >= 15 is 0 Å². The maximum atomic E-state index is 11.7. The molecule has 0 radical (unpaired) electrons. The zero-order chi connectivity index (χ0) is 21.6. The Morgan fingerprint density at radius 1 is 1.10 bits per heavy atom. The normalized spacial score (nSPS) is 11.0. The van der Waals surface area contributed by atoms with Gasteiger partial charge in [-0.25, -0.2) is 10.1 Å². The third-order valence-corrected chi connectivity index (χ3v) is 4.10. The van der Waals surface area contributed by atoms with Crippen molar-refractivity contribution in [1.82, 2.24) is 15.0 Å². The molecule has 0 unspecified atom stereocenters. The number of aliphatic hydroxyl groups excluding tert-OH is 1. The molecule has 0 amide bonds. The van der Waals surface area contributed by atoms with E-state index in [2.05, 4.69) is 19.7 Å². The number of nitrogens with two attached hydrogens (primary N) is 1. The molecule has 11 nitrogen and oxygen atoms in total. The number of methoxy groups -OCH3 is 1. The standard InChI is InChI=1S/C18H19N5O6S/c1-27-13-4-2-3-5-14(13)29-15-17(23-30(19,25)26)21-16(12-6-8-20-9-7-12)22-18(15)28-11-10-24/h2-9,24H,10-11H2,1H3,(H2,19,25,26)(H,21,22,23). The lowest BCUT2D eigenvalue weighted by atomic mass is 10.2. The highest BCUT2D eigenvalue weighted by Crippen LogP contribution is 2.41. The molecule has 0 fully saturated rings. The zero-order valence-electron chi connectivity index (χ0n) is 15.8. The number of hydrogen-bond donors (Lipinski definition) is 3. The molecule has 0 aliphatic rings. The number of ether oxygens (including phenoxy) is 3. The van der Waals surface area contributed by atoms with Crippen molar-refractivity contribution in [1.29, 1.82) is 0 Å². The molecule has 12 heteroatoms. The molecule has 0 spiro atoms. The van der Waals surface area contributed by atoms with Gasteiger partial charge in [0.25, 0.3) is 16.1 Å². The average molecular weight is 433 g/mol. The van der Waals surface area contributed by atoms with Gasteiger partial charge in [0.05, 0.1) is 13.7 Å². The second-order valence-corrected chi connectivity index (χ2v) is 7.03. The molecule has 0 aliphatic heterocycles. The Bertz CT molecular complexity index is 1110. The first-order chi connectivity index (χ1) is 14.4. The average Bonchev–Trinajstić information content (AvgIpc) is 2.73. The highest BCUT2D eigenvalue weighted by molar-refractivity contribution is 7.90. The molecule has 0 saturated carbocycles. The highest BCUT2D eigenvalue weighted by Gasteiger charge is 2.23. The summed E-state index contributed by atoms with van der Waals surface area (Å²) in [4.78, 5) is 12.5. The van der Waals surface area contributed by atoms with E-state index in [9.17, 15) is 8.42 Å². The van der Waals surface area contributed by atoms with E-state index in [1.54, 1.807) is 36.4 Å². The molecule has 3 aromatic rings. The monoisotopic (exact) mass is 433 g/mol. The van der Waals surface area contributed by atoms with Crippen molar-refractivity contribution in [3.8, 4) is 34.5 Å². The molecular formula is C18H19N5O6S. The zero-order valence-corrected chi connectivity index (χ0v) is 16.7. The van der Waals surface area contributed by atoms with Crippen LogP contribution in [0.3, 0.4) is 0 Å². The fourth-order valence-electron chi connectivity index (χ4n) is 2.41. The van der Waals surface area contributed by atoms with Crippen LogP contribution in [0.1, 0.15) is 0 Å². The first kappa shape index (κ1) is 21.2. The van der Waals surface area contributed by atoms with E-state index in [4.69, 9.17) is 24.5 Å². The number of nitrogens with zero attached hydrogens (tertiary/aromatic N) is 3. The minimum Gasteiger partial charge on any atom is -0.493 e. The van der Waals surface area contributed by atoms with Gasteiger partial charge in [-0.3, -0.25) is 9.71 Å². The quantitative estimate of drug-likeness (QED) is 0.452. The number of aliphatic hydroxyl groups is 1. The third-order valence-electron chi connectivity index (χ3n) is 3.62. The molecule has 2 aromatic heterocycles. The fourth-order valence-corrected chi connectivity index (χ4v) is 2.82. The number of hydrogen-bond acceptors (Lipinski definition) is 9. The summed E-state index contributed by atoms with van der Waals surface area (Å²) < 4.78 is 42.2. The van der Waals surface area contributed by atoms with Crippen LogP contribution < -0.4 is 24.1 Å². The van der Waals surface area contributed by atoms with E-state index < -0.39 is 10.2 Å². The number of aromatic nitrogens is 3. The Labute approximate surface area is 172 Å². The molecule has 0 atom stereocenters. The van der Waals surface area contributed by atoms with Gasteiger partial charge in [0.2, 0.25) is 5.75 Å². The summed E-state index contributed by atoms with van der Waals surface area (Å²) >= 11 is 0. The molecule has 2 heterocycles. The van der Waals surface area contributed by atoms with Crippen molar-refractivity contribution in [2.75, 3.05) is 25.0 Å². The van der Waals surface area contributed by atoms with E-state index in [-0.39, 0.29) is 42.2 Å². The van der Waals surface area contributed by atoms with Gasteiger partial charge >= 0.3 is 0 Å². The van der Waals surface area contributed by atoms with Gasteiger partial charge in [-0.15, -0.1) is 0 Å². The lowest BCUT2D eigenvalue weighted by molar-refractivity contribution is 0.192. The summed E-state index contributed by atoms with van der Waals surface area (Å²) in [7, 11) is -2.76. The minimum absolute atomic E-state index is 0.108. The SMILES string of the molecule is COc1ccccc1Oc1c(NS(N)(=O)=O)nc(-c2ccncc2)nc1OCCO. The van der Waals surface area contributed by atoms with Crippen LogP contribution in [0.15, 0.2) is 48.8 Å². The largest absolute Gasteiger partial charge is 0.493 e. The van der Waals surface area contributed by atoms with Gasteiger partial charge in [0.15, 0.2) is 23.1 Å². The van der Waals surface area contributed by atoms with E-state index in [1.165, 1.54) is 19.5 Å². The van der Waals surface area contributed by atoms with Gasteiger partial charge in [0.1, 0.15) is 6.61 Å². The van der Waals surface area contributed by atoms with Gasteiger partial charge in [-0.05, 0) is 24.3 Å². The summed E-state index contributed by atoms with van der Waals surface area (Å²) in [5, 5.41) is 14.3. The molecular weight excluding hydrogens is 414 g/mol. The van der Waals surface area contributed by atoms with Crippen LogP contribution in [0, 0.1) is 0 Å². The van der Waals surface area contributed by atoms with Crippen molar-refractivity contribution in [3.05, 3.63) is 48.8 Å². The van der Waals surface area contributed by atoms with Crippen molar-refractivity contribution in [3.63, 3.8) is 0 Å². The Hall–Kier alpha value is -3.48. The van der Waals surface area contributed by atoms with Crippen molar-refractivity contribution in [2.24, 2.45) is 5.14 Å². The van der Waals surface area contributed by atoms with Gasteiger partial charge in [0, 0.05) is 18.0 Å². The maximum Gasteiger partial charge on any atom is 0.297 e. The van der Waals surface area contributed by atoms with Crippen LogP contribution in [-0.2, 0) is 10.2 Å². The van der Waals surface area contributed by atoms with E-state index in [0.717, 1.165) is 0 Å². The summed E-state index contributed by atoms with van der Waals surface area (Å²) in [6.07, 6.45) is 3.05.